The standard InChI is InChI=1S/C21H25F4N3O6S/c1-3-34-21(31)28-6-11(9-29)12(7-28)10-35(32,33)16-8-27(2)19(18(16)25)20(30)26-13-4-14(22)17(24)15(23)5-13/h4-5,8,11-12,20,26,29-30H,3,6-7,9-10H2,1-2H3. The Hall–Kier alpha value is -2.84. The summed E-state index contributed by atoms with van der Waals surface area (Å²) in [5.74, 6) is -7.97. The van der Waals surface area contributed by atoms with Gasteiger partial charge < -0.3 is 29.7 Å². The van der Waals surface area contributed by atoms with E-state index in [9.17, 15) is 36.6 Å². The topological polar surface area (TPSA) is 121 Å². The zero-order valence-corrected chi connectivity index (χ0v) is 19.7. The lowest BCUT2D eigenvalue weighted by Crippen LogP contribution is -2.30. The van der Waals surface area contributed by atoms with Gasteiger partial charge in [0.05, 0.1) is 12.4 Å². The monoisotopic (exact) mass is 523 g/mol. The summed E-state index contributed by atoms with van der Waals surface area (Å²) in [7, 11) is -3.05. The Morgan fingerprint density at radius 3 is 2.34 bits per heavy atom. The van der Waals surface area contributed by atoms with E-state index in [-0.39, 0.29) is 19.7 Å². The maximum atomic E-state index is 15.2. The van der Waals surface area contributed by atoms with Gasteiger partial charge in [0.2, 0.25) is 0 Å². The molecule has 3 N–H and O–H groups in total. The number of rotatable bonds is 8. The number of hydrogen-bond acceptors (Lipinski definition) is 7. The molecule has 1 aromatic carbocycles. The molecule has 1 aliphatic rings. The number of nitrogens with one attached hydrogen (secondary N) is 1. The average molecular weight is 524 g/mol. The molecule has 0 spiro atoms. The van der Waals surface area contributed by atoms with E-state index in [2.05, 4.69) is 5.32 Å². The number of ether oxygens (including phenoxy) is 1. The Balaban J connectivity index is 1.82. The van der Waals surface area contributed by atoms with Crippen LogP contribution in [0.1, 0.15) is 18.8 Å². The third-order valence-electron chi connectivity index (χ3n) is 5.78. The molecule has 3 rings (SSSR count). The maximum absolute atomic E-state index is 15.2. The minimum atomic E-state index is -4.30. The second kappa shape index (κ2) is 10.4. The number of aliphatic hydroxyl groups is 2. The van der Waals surface area contributed by atoms with Crippen LogP contribution in [0, 0.1) is 35.1 Å². The maximum Gasteiger partial charge on any atom is 0.409 e. The average Bonchev–Trinajstić information content (AvgIpc) is 3.31. The van der Waals surface area contributed by atoms with Crippen molar-refractivity contribution in [2.45, 2.75) is 18.0 Å². The zero-order chi connectivity index (χ0) is 26.1. The number of carbonyl (C=O) groups excluding carboxylic acids is 1. The van der Waals surface area contributed by atoms with Crippen molar-refractivity contribution in [2.75, 3.05) is 37.4 Å². The number of halogens is 4. The number of nitrogens with zero attached hydrogens (tertiary/aromatic N) is 2. The summed E-state index contributed by atoms with van der Waals surface area (Å²) in [4.78, 5) is 12.5. The highest BCUT2D eigenvalue weighted by molar-refractivity contribution is 7.91. The number of aromatic nitrogens is 1. The van der Waals surface area contributed by atoms with Crippen LogP contribution >= 0.6 is 0 Å². The summed E-state index contributed by atoms with van der Waals surface area (Å²) in [6, 6.07) is 1.09. The predicted octanol–water partition coefficient (Wildman–Crippen LogP) is 2.16. The first kappa shape index (κ1) is 26.8. The smallest absolute Gasteiger partial charge is 0.409 e. The van der Waals surface area contributed by atoms with Gasteiger partial charge in [0.15, 0.2) is 39.3 Å². The van der Waals surface area contributed by atoms with E-state index in [0.29, 0.717) is 12.1 Å². The Kier molecular flexibility index (Phi) is 7.97. The van der Waals surface area contributed by atoms with Crippen LogP contribution in [0.2, 0.25) is 0 Å². The van der Waals surface area contributed by atoms with Crippen LogP contribution in [-0.4, -0.2) is 66.2 Å². The van der Waals surface area contributed by atoms with Gasteiger partial charge in [-0.25, -0.2) is 30.8 Å². The van der Waals surface area contributed by atoms with Crippen molar-refractivity contribution in [2.24, 2.45) is 18.9 Å². The summed E-state index contributed by atoms with van der Waals surface area (Å²) >= 11 is 0. The molecule has 1 aromatic heterocycles. The molecular weight excluding hydrogens is 498 g/mol. The lowest BCUT2D eigenvalue weighted by molar-refractivity contribution is 0.112. The summed E-state index contributed by atoms with van der Waals surface area (Å²) in [5.41, 5.74) is -0.957. The second-order valence-corrected chi connectivity index (χ2v) is 10.2. The van der Waals surface area contributed by atoms with Gasteiger partial charge in [-0.2, -0.15) is 0 Å². The lowest BCUT2D eigenvalue weighted by atomic mass is 9.99. The van der Waals surface area contributed by atoms with E-state index in [1.54, 1.807) is 6.92 Å². The van der Waals surface area contributed by atoms with Crippen molar-refractivity contribution >= 4 is 21.6 Å². The normalized spacial score (nSPS) is 19.1. The molecule has 9 nitrogen and oxygen atoms in total. The highest BCUT2D eigenvalue weighted by Gasteiger charge is 2.40. The number of aliphatic hydroxyl groups excluding tert-OH is 2. The van der Waals surface area contributed by atoms with Crippen LogP contribution in [0.15, 0.2) is 23.2 Å². The van der Waals surface area contributed by atoms with Crippen LogP contribution in [0.4, 0.5) is 28.0 Å². The van der Waals surface area contributed by atoms with Gasteiger partial charge in [-0.05, 0) is 12.8 Å². The Morgan fingerprint density at radius 2 is 1.77 bits per heavy atom. The van der Waals surface area contributed by atoms with Crippen molar-refractivity contribution in [1.82, 2.24) is 9.47 Å². The minimum Gasteiger partial charge on any atom is -0.450 e. The summed E-state index contributed by atoms with van der Waals surface area (Å²) in [5, 5.41) is 22.2. The number of anilines is 1. The second-order valence-electron chi connectivity index (χ2n) is 8.19. The Labute approximate surface area is 198 Å². The number of sulfone groups is 1. The van der Waals surface area contributed by atoms with Crippen molar-refractivity contribution in [3.05, 3.63) is 47.3 Å². The lowest BCUT2D eigenvalue weighted by Gasteiger charge is -2.16. The number of benzene rings is 1. The number of amides is 1. The number of carbonyl (C=O) groups is 1. The van der Waals surface area contributed by atoms with Crippen molar-refractivity contribution in [3.8, 4) is 0 Å². The molecule has 2 heterocycles. The molecule has 14 heteroatoms. The highest BCUT2D eigenvalue weighted by Crippen LogP contribution is 2.31. The molecule has 0 radical (unpaired) electrons. The van der Waals surface area contributed by atoms with Gasteiger partial charge in [-0.15, -0.1) is 0 Å². The Morgan fingerprint density at radius 1 is 1.17 bits per heavy atom. The molecule has 0 bridgehead atoms. The molecule has 1 fully saturated rings. The summed E-state index contributed by atoms with van der Waals surface area (Å²) in [6.07, 6.45) is -1.66. The molecule has 3 unspecified atom stereocenters. The Bertz CT molecular complexity index is 1180. The molecule has 3 atom stereocenters. The van der Waals surface area contributed by atoms with E-state index in [1.165, 1.54) is 11.9 Å². The molecule has 2 aromatic rings. The molecule has 35 heavy (non-hydrogen) atoms. The van der Waals surface area contributed by atoms with E-state index < -0.39 is 85.9 Å². The number of hydrogen-bond donors (Lipinski definition) is 3. The van der Waals surface area contributed by atoms with Gasteiger partial charge in [0.25, 0.3) is 0 Å². The molecular formula is C21H25F4N3O6S. The quantitative estimate of drug-likeness (QED) is 0.276. The van der Waals surface area contributed by atoms with Crippen LogP contribution in [0.5, 0.6) is 0 Å². The number of likely N-dealkylation sites (tertiary alicyclic amines) is 1. The zero-order valence-electron chi connectivity index (χ0n) is 18.8. The van der Waals surface area contributed by atoms with E-state index in [4.69, 9.17) is 4.74 Å². The van der Waals surface area contributed by atoms with Crippen LogP contribution in [0.3, 0.4) is 0 Å². The van der Waals surface area contributed by atoms with Crippen molar-refractivity contribution in [3.63, 3.8) is 0 Å². The van der Waals surface area contributed by atoms with Gasteiger partial charge in [0.1, 0.15) is 10.6 Å². The summed E-state index contributed by atoms with van der Waals surface area (Å²) in [6.45, 7) is 1.39. The molecule has 0 aliphatic carbocycles. The van der Waals surface area contributed by atoms with Crippen molar-refractivity contribution < 1.29 is 45.7 Å². The first-order valence-electron chi connectivity index (χ1n) is 10.6. The fourth-order valence-electron chi connectivity index (χ4n) is 4.05. The molecule has 194 valence electrons. The third-order valence-corrected chi connectivity index (χ3v) is 7.61. The van der Waals surface area contributed by atoms with Crippen LogP contribution in [0.25, 0.3) is 0 Å². The minimum absolute atomic E-state index is 0.0174. The molecule has 0 saturated carbocycles. The van der Waals surface area contributed by atoms with Crippen LogP contribution in [-0.2, 0) is 21.6 Å². The fraction of sp³-hybridized carbons (Fsp3) is 0.476. The van der Waals surface area contributed by atoms with E-state index >= 15 is 4.39 Å². The van der Waals surface area contributed by atoms with Gasteiger partial charge in [-0.3, -0.25) is 0 Å². The highest BCUT2D eigenvalue weighted by atomic mass is 32.2. The fourth-order valence-corrected chi connectivity index (χ4v) is 5.86. The third kappa shape index (κ3) is 5.54. The molecule has 1 saturated heterocycles. The SMILES string of the molecule is CCOC(=O)N1CC(CO)C(CS(=O)(=O)c2cn(C)c(C(O)Nc3cc(F)c(F)c(F)c3)c2F)C1. The first-order chi connectivity index (χ1) is 16.4. The summed E-state index contributed by atoms with van der Waals surface area (Å²) < 4.78 is 87.2. The first-order valence-corrected chi connectivity index (χ1v) is 12.2. The van der Waals surface area contributed by atoms with Gasteiger partial charge in [0, 0.05) is 56.7 Å². The number of aryl methyl sites for hydroxylation is 1. The van der Waals surface area contributed by atoms with E-state index in [0.717, 1.165) is 10.8 Å². The molecule has 1 aliphatic heterocycles. The largest absolute Gasteiger partial charge is 0.450 e. The van der Waals surface area contributed by atoms with Gasteiger partial charge in [-0.1, -0.05) is 0 Å². The van der Waals surface area contributed by atoms with Crippen molar-refractivity contribution in [1.29, 1.82) is 0 Å². The van der Waals surface area contributed by atoms with E-state index in [1.807, 2.05) is 0 Å². The van der Waals surface area contributed by atoms with Gasteiger partial charge >= 0.3 is 6.09 Å². The molecule has 1 amide bonds. The van der Waals surface area contributed by atoms with Crippen LogP contribution < -0.4 is 5.32 Å². The predicted molar refractivity (Wildman–Crippen MR) is 115 cm³/mol.